The van der Waals surface area contributed by atoms with E-state index >= 15 is 0 Å². The molecule has 0 fully saturated rings. The van der Waals surface area contributed by atoms with E-state index < -0.39 is 5.54 Å². The van der Waals surface area contributed by atoms with E-state index in [2.05, 4.69) is 10.5 Å². The highest BCUT2D eigenvalue weighted by molar-refractivity contribution is 6.31. The second-order valence-electron chi connectivity index (χ2n) is 4.64. The number of amidine groups is 1. The predicted octanol–water partition coefficient (Wildman–Crippen LogP) is 2.68. The van der Waals surface area contributed by atoms with Gasteiger partial charge in [0.15, 0.2) is 5.84 Å². The van der Waals surface area contributed by atoms with Crippen molar-refractivity contribution in [2.45, 2.75) is 39.2 Å². The summed E-state index contributed by atoms with van der Waals surface area (Å²) in [6, 6.07) is 5.14. The van der Waals surface area contributed by atoms with Gasteiger partial charge in [-0.1, -0.05) is 36.7 Å². The topological polar surface area (TPSA) is 87.7 Å². The van der Waals surface area contributed by atoms with Crippen LogP contribution in [0.15, 0.2) is 23.4 Å². The van der Waals surface area contributed by atoms with Gasteiger partial charge in [0.25, 0.3) is 5.91 Å². The highest BCUT2D eigenvalue weighted by Crippen LogP contribution is 2.21. The molecule has 110 valence electrons. The second kappa shape index (κ2) is 6.61. The fourth-order valence-corrected chi connectivity index (χ4v) is 2.26. The zero-order valence-corrected chi connectivity index (χ0v) is 12.7. The van der Waals surface area contributed by atoms with Crippen LogP contribution in [0.5, 0.6) is 0 Å². The van der Waals surface area contributed by atoms with Crippen LogP contribution in [0.4, 0.5) is 0 Å². The van der Waals surface area contributed by atoms with E-state index in [-0.39, 0.29) is 11.7 Å². The van der Waals surface area contributed by atoms with Crippen molar-refractivity contribution in [1.29, 1.82) is 0 Å². The van der Waals surface area contributed by atoms with Gasteiger partial charge in [-0.2, -0.15) is 0 Å². The third-order valence-corrected chi connectivity index (χ3v) is 4.08. The number of carbonyl (C=O) groups excluding carboxylic acids is 1. The van der Waals surface area contributed by atoms with Crippen molar-refractivity contribution >= 4 is 23.3 Å². The van der Waals surface area contributed by atoms with Gasteiger partial charge in [-0.15, -0.1) is 0 Å². The van der Waals surface area contributed by atoms with Crippen LogP contribution in [0, 0.1) is 6.92 Å². The maximum absolute atomic E-state index is 12.4. The number of halogens is 1. The molecule has 0 aromatic heterocycles. The number of nitrogens with one attached hydrogen (secondary N) is 1. The minimum Gasteiger partial charge on any atom is -0.409 e. The number of hydrogen-bond donors (Lipinski definition) is 3. The molecule has 0 aliphatic carbocycles. The molecule has 0 heterocycles. The quantitative estimate of drug-likeness (QED) is 0.338. The molecule has 0 unspecified atom stereocenters. The SMILES string of the molecule is CCC(CC)(NC(=O)c1cccc(Cl)c1C)/C(N)=N/O. The minimum atomic E-state index is -0.861. The van der Waals surface area contributed by atoms with Crippen LogP contribution in [-0.4, -0.2) is 22.5 Å². The monoisotopic (exact) mass is 297 g/mol. The largest absolute Gasteiger partial charge is 0.409 e. The van der Waals surface area contributed by atoms with E-state index in [9.17, 15) is 4.79 Å². The van der Waals surface area contributed by atoms with E-state index in [1.807, 2.05) is 13.8 Å². The Labute approximate surface area is 123 Å². The Morgan fingerprint density at radius 2 is 2.05 bits per heavy atom. The lowest BCUT2D eigenvalue weighted by Crippen LogP contribution is -2.57. The Kier molecular flexibility index (Phi) is 5.39. The molecule has 0 saturated carbocycles. The van der Waals surface area contributed by atoms with E-state index in [1.54, 1.807) is 25.1 Å². The van der Waals surface area contributed by atoms with Crippen molar-refractivity contribution < 1.29 is 10.0 Å². The van der Waals surface area contributed by atoms with Crippen LogP contribution in [0.3, 0.4) is 0 Å². The first kappa shape index (κ1) is 16.3. The zero-order valence-electron chi connectivity index (χ0n) is 11.9. The Bertz CT molecular complexity index is 525. The third-order valence-electron chi connectivity index (χ3n) is 3.67. The van der Waals surface area contributed by atoms with Gasteiger partial charge in [0.2, 0.25) is 0 Å². The lowest BCUT2D eigenvalue weighted by Gasteiger charge is -2.31. The summed E-state index contributed by atoms with van der Waals surface area (Å²) < 4.78 is 0. The highest BCUT2D eigenvalue weighted by Gasteiger charge is 2.33. The first-order valence-corrected chi connectivity index (χ1v) is 6.85. The van der Waals surface area contributed by atoms with Crippen molar-refractivity contribution in [3.8, 4) is 0 Å². The van der Waals surface area contributed by atoms with Gasteiger partial charge >= 0.3 is 0 Å². The number of nitrogens with two attached hydrogens (primary N) is 1. The number of oxime groups is 1. The van der Waals surface area contributed by atoms with E-state index in [1.165, 1.54) is 0 Å². The molecule has 0 spiro atoms. The summed E-state index contributed by atoms with van der Waals surface area (Å²) in [7, 11) is 0. The standard InChI is InChI=1S/C14H20ClN3O2/c1-4-14(5-2,13(16)18-20)17-12(19)10-7-6-8-11(15)9(10)3/h6-8,20H,4-5H2,1-3H3,(H2,16,18)(H,17,19). The molecule has 1 rings (SSSR count). The molecule has 1 amide bonds. The van der Waals surface area contributed by atoms with Crippen LogP contribution in [0.1, 0.15) is 42.6 Å². The van der Waals surface area contributed by atoms with Gasteiger partial charge in [0.05, 0.1) is 0 Å². The zero-order chi connectivity index (χ0) is 15.3. The number of benzene rings is 1. The number of rotatable bonds is 5. The first-order valence-electron chi connectivity index (χ1n) is 6.47. The van der Waals surface area contributed by atoms with Crippen LogP contribution in [-0.2, 0) is 0 Å². The van der Waals surface area contributed by atoms with E-state index in [4.69, 9.17) is 22.5 Å². The van der Waals surface area contributed by atoms with Crippen LogP contribution in [0.25, 0.3) is 0 Å². The summed E-state index contributed by atoms with van der Waals surface area (Å²) in [6.45, 7) is 5.51. The van der Waals surface area contributed by atoms with Gasteiger partial charge in [-0.05, 0) is 37.5 Å². The molecule has 0 radical (unpaired) electrons. The number of nitrogens with zero attached hydrogens (tertiary/aromatic N) is 1. The summed E-state index contributed by atoms with van der Waals surface area (Å²) in [6.07, 6.45) is 1.04. The van der Waals surface area contributed by atoms with Crippen molar-refractivity contribution in [2.75, 3.05) is 0 Å². The molecule has 5 nitrogen and oxygen atoms in total. The van der Waals surface area contributed by atoms with Crippen LogP contribution >= 0.6 is 11.6 Å². The smallest absolute Gasteiger partial charge is 0.252 e. The number of hydrogen-bond acceptors (Lipinski definition) is 3. The molecule has 1 aromatic rings. The summed E-state index contributed by atoms with van der Waals surface area (Å²) >= 11 is 6.02. The molecular formula is C14H20ClN3O2. The molecule has 0 saturated heterocycles. The lowest BCUT2D eigenvalue weighted by atomic mass is 9.90. The van der Waals surface area contributed by atoms with E-state index in [0.29, 0.717) is 29.0 Å². The summed E-state index contributed by atoms with van der Waals surface area (Å²) in [5, 5.41) is 15.3. The first-order chi connectivity index (χ1) is 9.41. The fourth-order valence-electron chi connectivity index (χ4n) is 2.09. The molecule has 0 aliphatic rings. The normalized spacial score (nSPS) is 12.3. The van der Waals surface area contributed by atoms with Crippen molar-refractivity contribution in [3.05, 3.63) is 34.3 Å². The third kappa shape index (κ3) is 3.04. The van der Waals surface area contributed by atoms with Crippen molar-refractivity contribution in [1.82, 2.24) is 5.32 Å². The Balaban J connectivity index is 3.12. The van der Waals surface area contributed by atoms with Gasteiger partial charge < -0.3 is 16.3 Å². The van der Waals surface area contributed by atoms with Crippen LogP contribution < -0.4 is 11.1 Å². The Morgan fingerprint density at radius 3 is 2.55 bits per heavy atom. The molecule has 0 bridgehead atoms. The molecule has 1 aromatic carbocycles. The van der Waals surface area contributed by atoms with Crippen molar-refractivity contribution in [3.63, 3.8) is 0 Å². The van der Waals surface area contributed by atoms with Gasteiger partial charge in [-0.25, -0.2) is 0 Å². The molecule has 4 N–H and O–H groups in total. The number of amides is 1. The minimum absolute atomic E-state index is 0.00414. The average molecular weight is 298 g/mol. The Hall–Kier alpha value is -1.75. The Morgan fingerprint density at radius 1 is 1.45 bits per heavy atom. The molecule has 20 heavy (non-hydrogen) atoms. The summed E-state index contributed by atoms with van der Waals surface area (Å²) in [4.78, 5) is 12.4. The summed E-state index contributed by atoms with van der Waals surface area (Å²) in [5.41, 5.74) is 6.05. The summed E-state index contributed by atoms with van der Waals surface area (Å²) in [5.74, 6) is -0.296. The van der Waals surface area contributed by atoms with Crippen molar-refractivity contribution in [2.24, 2.45) is 10.9 Å². The fraction of sp³-hybridized carbons (Fsp3) is 0.429. The van der Waals surface area contributed by atoms with Crippen LogP contribution in [0.2, 0.25) is 5.02 Å². The molecule has 0 aliphatic heterocycles. The average Bonchev–Trinajstić information content (AvgIpc) is 2.46. The molecule has 0 atom stereocenters. The lowest BCUT2D eigenvalue weighted by molar-refractivity contribution is 0.0917. The number of carbonyl (C=O) groups is 1. The van der Waals surface area contributed by atoms with Gasteiger partial charge in [0.1, 0.15) is 5.54 Å². The molecular weight excluding hydrogens is 278 g/mol. The highest BCUT2D eigenvalue weighted by atomic mass is 35.5. The molecule has 6 heteroatoms. The van der Waals surface area contributed by atoms with Gasteiger partial charge in [-0.3, -0.25) is 4.79 Å². The maximum Gasteiger partial charge on any atom is 0.252 e. The second-order valence-corrected chi connectivity index (χ2v) is 5.05. The predicted molar refractivity (Wildman–Crippen MR) is 80.4 cm³/mol. The van der Waals surface area contributed by atoms with E-state index in [0.717, 1.165) is 0 Å². The maximum atomic E-state index is 12.4. The van der Waals surface area contributed by atoms with Gasteiger partial charge in [0, 0.05) is 10.6 Å².